The predicted octanol–water partition coefficient (Wildman–Crippen LogP) is 3.24. The summed E-state index contributed by atoms with van der Waals surface area (Å²) in [7, 11) is 0. The van der Waals surface area contributed by atoms with Crippen molar-refractivity contribution in [2.75, 3.05) is 11.9 Å². The molecular weight excluding hydrogens is 281 g/mol. The summed E-state index contributed by atoms with van der Waals surface area (Å²) in [5.74, 6) is -0.570. The highest BCUT2D eigenvalue weighted by molar-refractivity contribution is 6.30. The van der Waals surface area contributed by atoms with Crippen LogP contribution in [-0.4, -0.2) is 17.6 Å². The molecule has 104 valence electrons. The van der Waals surface area contributed by atoms with Crippen LogP contribution in [0, 0.1) is 5.82 Å². The van der Waals surface area contributed by atoms with Gasteiger partial charge in [0.25, 0.3) is 0 Å². The third-order valence-corrected chi connectivity index (χ3v) is 2.91. The molecule has 0 unspecified atom stereocenters. The Bertz CT molecular complexity index is 592. The van der Waals surface area contributed by atoms with Crippen LogP contribution in [0.2, 0.25) is 5.02 Å². The van der Waals surface area contributed by atoms with Gasteiger partial charge in [-0.3, -0.25) is 4.98 Å². The largest absolute Gasteiger partial charge is 0.338 e. The summed E-state index contributed by atoms with van der Waals surface area (Å²) < 4.78 is 13.2. The second-order valence-electron chi connectivity index (χ2n) is 4.12. The summed E-state index contributed by atoms with van der Waals surface area (Å²) in [5, 5.41) is 5.23. The number of urea groups is 1. The molecule has 20 heavy (non-hydrogen) atoms. The first-order valence-electron chi connectivity index (χ1n) is 6.04. The Kier molecular flexibility index (Phi) is 4.90. The molecule has 2 aromatic rings. The highest BCUT2D eigenvalue weighted by atomic mass is 35.5. The number of carbonyl (C=O) groups is 1. The normalized spacial score (nSPS) is 10.1. The van der Waals surface area contributed by atoms with Crippen molar-refractivity contribution in [3.8, 4) is 0 Å². The summed E-state index contributed by atoms with van der Waals surface area (Å²) in [6.07, 6.45) is 4.11. The van der Waals surface area contributed by atoms with Crippen LogP contribution in [-0.2, 0) is 6.42 Å². The van der Waals surface area contributed by atoms with Crippen LogP contribution in [0.1, 0.15) is 5.56 Å². The minimum Gasteiger partial charge on any atom is -0.338 e. The first-order chi connectivity index (χ1) is 9.65. The van der Waals surface area contributed by atoms with Crippen molar-refractivity contribution in [1.29, 1.82) is 0 Å². The lowest BCUT2D eigenvalue weighted by Crippen LogP contribution is -2.30. The molecule has 4 nitrogen and oxygen atoms in total. The van der Waals surface area contributed by atoms with Gasteiger partial charge in [-0.05, 0) is 36.2 Å². The maximum absolute atomic E-state index is 13.2. The van der Waals surface area contributed by atoms with E-state index < -0.39 is 11.8 Å². The van der Waals surface area contributed by atoms with Gasteiger partial charge in [0.05, 0.1) is 5.02 Å². The molecule has 0 saturated carbocycles. The van der Waals surface area contributed by atoms with E-state index in [4.69, 9.17) is 11.6 Å². The van der Waals surface area contributed by atoms with E-state index in [9.17, 15) is 9.18 Å². The monoisotopic (exact) mass is 293 g/mol. The second-order valence-corrected chi connectivity index (χ2v) is 4.53. The Morgan fingerprint density at radius 2 is 2.20 bits per heavy atom. The number of carbonyl (C=O) groups excluding carboxylic acids is 1. The molecule has 6 heteroatoms. The fourth-order valence-electron chi connectivity index (χ4n) is 1.62. The zero-order valence-corrected chi connectivity index (χ0v) is 11.3. The quantitative estimate of drug-likeness (QED) is 0.909. The lowest BCUT2D eigenvalue weighted by atomic mass is 10.2. The minimum atomic E-state index is -0.570. The van der Waals surface area contributed by atoms with E-state index in [-0.39, 0.29) is 5.02 Å². The van der Waals surface area contributed by atoms with Gasteiger partial charge < -0.3 is 10.6 Å². The number of amides is 2. The van der Waals surface area contributed by atoms with E-state index in [0.717, 1.165) is 5.56 Å². The first-order valence-corrected chi connectivity index (χ1v) is 6.42. The lowest BCUT2D eigenvalue weighted by molar-refractivity contribution is 0.252. The number of halogens is 2. The maximum Gasteiger partial charge on any atom is 0.319 e. The Morgan fingerprint density at radius 3 is 2.90 bits per heavy atom. The van der Waals surface area contributed by atoms with Crippen molar-refractivity contribution in [3.05, 3.63) is 59.1 Å². The van der Waals surface area contributed by atoms with Gasteiger partial charge in [-0.1, -0.05) is 17.7 Å². The third-order valence-electron chi connectivity index (χ3n) is 2.60. The molecule has 2 N–H and O–H groups in total. The molecule has 1 aromatic carbocycles. The second kappa shape index (κ2) is 6.86. The third kappa shape index (κ3) is 4.20. The Balaban J connectivity index is 1.79. The lowest BCUT2D eigenvalue weighted by Gasteiger charge is -2.08. The average Bonchev–Trinajstić information content (AvgIpc) is 2.44. The number of hydrogen-bond acceptors (Lipinski definition) is 2. The Hall–Kier alpha value is -2.14. The molecule has 0 aliphatic heterocycles. The number of rotatable bonds is 4. The van der Waals surface area contributed by atoms with Crippen molar-refractivity contribution >= 4 is 23.3 Å². The van der Waals surface area contributed by atoms with Crippen molar-refractivity contribution in [1.82, 2.24) is 10.3 Å². The van der Waals surface area contributed by atoms with Crippen molar-refractivity contribution in [2.45, 2.75) is 6.42 Å². The van der Waals surface area contributed by atoms with Gasteiger partial charge in [0.1, 0.15) is 5.82 Å². The van der Waals surface area contributed by atoms with Crippen LogP contribution in [0.25, 0.3) is 0 Å². The smallest absolute Gasteiger partial charge is 0.319 e. The van der Waals surface area contributed by atoms with E-state index >= 15 is 0 Å². The molecule has 0 spiro atoms. The number of benzene rings is 1. The SMILES string of the molecule is O=C(NCCc1cccnc1)Nc1ccc(Cl)c(F)c1. The van der Waals surface area contributed by atoms with E-state index in [1.807, 2.05) is 12.1 Å². The number of nitrogens with one attached hydrogen (secondary N) is 2. The summed E-state index contributed by atoms with van der Waals surface area (Å²) in [4.78, 5) is 15.6. The van der Waals surface area contributed by atoms with Gasteiger partial charge in [-0.15, -0.1) is 0 Å². The number of aromatic nitrogens is 1. The molecule has 1 aromatic heterocycles. The first kappa shape index (κ1) is 14.3. The highest BCUT2D eigenvalue weighted by Crippen LogP contribution is 2.18. The van der Waals surface area contributed by atoms with Crippen molar-refractivity contribution in [2.24, 2.45) is 0 Å². The molecule has 2 amide bonds. The summed E-state index contributed by atoms with van der Waals surface area (Å²) >= 11 is 5.56. The van der Waals surface area contributed by atoms with Crippen LogP contribution in [0.3, 0.4) is 0 Å². The van der Waals surface area contributed by atoms with Crippen LogP contribution in [0.4, 0.5) is 14.9 Å². The van der Waals surface area contributed by atoms with Crippen molar-refractivity contribution < 1.29 is 9.18 Å². The van der Waals surface area contributed by atoms with E-state index in [1.54, 1.807) is 12.4 Å². The van der Waals surface area contributed by atoms with E-state index in [1.165, 1.54) is 18.2 Å². The molecule has 0 saturated heterocycles. The number of anilines is 1. The zero-order chi connectivity index (χ0) is 14.4. The fourth-order valence-corrected chi connectivity index (χ4v) is 1.73. The molecule has 0 aliphatic rings. The van der Waals surface area contributed by atoms with Crippen LogP contribution in [0.5, 0.6) is 0 Å². The summed E-state index contributed by atoms with van der Waals surface area (Å²) in [6, 6.07) is 7.47. The molecule has 0 radical (unpaired) electrons. The molecule has 0 bridgehead atoms. The maximum atomic E-state index is 13.2. The Labute approximate surface area is 121 Å². The molecule has 2 rings (SSSR count). The number of nitrogens with zero attached hydrogens (tertiary/aromatic N) is 1. The zero-order valence-electron chi connectivity index (χ0n) is 10.6. The van der Waals surface area contributed by atoms with E-state index in [0.29, 0.717) is 18.7 Å². The molecule has 0 fully saturated rings. The molecule has 0 atom stereocenters. The standard InChI is InChI=1S/C14H13ClFN3O/c15-12-4-3-11(8-13(12)16)19-14(20)18-7-5-10-2-1-6-17-9-10/h1-4,6,8-9H,5,7H2,(H2,18,19,20). The topological polar surface area (TPSA) is 54.0 Å². The predicted molar refractivity (Wildman–Crippen MR) is 76.4 cm³/mol. The van der Waals surface area contributed by atoms with Crippen LogP contribution < -0.4 is 10.6 Å². The van der Waals surface area contributed by atoms with E-state index in [2.05, 4.69) is 15.6 Å². The molecular formula is C14H13ClFN3O. The molecule has 1 heterocycles. The van der Waals surface area contributed by atoms with Crippen LogP contribution >= 0.6 is 11.6 Å². The van der Waals surface area contributed by atoms with Gasteiger partial charge in [0.15, 0.2) is 0 Å². The van der Waals surface area contributed by atoms with Gasteiger partial charge in [-0.25, -0.2) is 9.18 Å². The molecule has 0 aliphatic carbocycles. The number of hydrogen-bond donors (Lipinski definition) is 2. The fraction of sp³-hybridized carbons (Fsp3) is 0.143. The van der Waals surface area contributed by atoms with Crippen molar-refractivity contribution in [3.63, 3.8) is 0 Å². The van der Waals surface area contributed by atoms with Gasteiger partial charge in [-0.2, -0.15) is 0 Å². The summed E-state index contributed by atoms with van der Waals surface area (Å²) in [6.45, 7) is 0.466. The van der Waals surface area contributed by atoms with Gasteiger partial charge >= 0.3 is 6.03 Å². The Morgan fingerprint density at radius 1 is 1.35 bits per heavy atom. The van der Waals surface area contributed by atoms with Gasteiger partial charge in [0, 0.05) is 24.6 Å². The summed E-state index contributed by atoms with van der Waals surface area (Å²) in [5.41, 5.74) is 1.39. The number of pyridine rings is 1. The van der Waals surface area contributed by atoms with Crippen LogP contribution in [0.15, 0.2) is 42.7 Å². The average molecular weight is 294 g/mol. The highest BCUT2D eigenvalue weighted by Gasteiger charge is 2.04. The van der Waals surface area contributed by atoms with Gasteiger partial charge in [0.2, 0.25) is 0 Å². The minimum absolute atomic E-state index is 0.0209.